The third-order valence-corrected chi connectivity index (χ3v) is 4.51. The van der Waals surface area contributed by atoms with E-state index in [9.17, 15) is 4.79 Å². The Morgan fingerprint density at radius 1 is 1.17 bits per heavy atom. The third kappa shape index (κ3) is 3.87. The van der Waals surface area contributed by atoms with Crippen molar-refractivity contribution in [3.8, 4) is 5.75 Å². The van der Waals surface area contributed by atoms with Gasteiger partial charge in [0, 0.05) is 22.0 Å². The first-order valence-corrected chi connectivity index (χ1v) is 8.16. The first-order chi connectivity index (χ1) is 11.1. The molecule has 2 N–H and O–H groups in total. The lowest BCUT2D eigenvalue weighted by molar-refractivity contribution is -0.121. The van der Waals surface area contributed by atoms with E-state index in [1.54, 1.807) is 0 Å². The average molecular weight is 326 g/mol. The van der Waals surface area contributed by atoms with Gasteiger partial charge in [0.15, 0.2) is 6.61 Å². The van der Waals surface area contributed by atoms with E-state index in [1.807, 2.05) is 49.5 Å². The molecule has 0 radical (unpaired) electrons. The van der Waals surface area contributed by atoms with Gasteiger partial charge in [-0.2, -0.15) is 0 Å². The summed E-state index contributed by atoms with van der Waals surface area (Å²) in [6, 6.07) is 13.8. The molecular formula is C18H18N2O2S. The number of aryl methyl sites for hydroxylation is 2. The summed E-state index contributed by atoms with van der Waals surface area (Å²) in [7, 11) is 0. The Kier molecular flexibility index (Phi) is 4.57. The minimum Gasteiger partial charge on any atom is -0.484 e. The van der Waals surface area contributed by atoms with Crippen LogP contribution in [0.1, 0.15) is 11.1 Å². The molecule has 4 nitrogen and oxygen atoms in total. The van der Waals surface area contributed by atoms with Crippen LogP contribution in [0.5, 0.6) is 5.75 Å². The number of H-pyrrole nitrogens is 1. The molecule has 118 valence electrons. The van der Waals surface area contributed by atoms with Crippen LogP contribution in [0.4, 0.5) is 0 Å². The van der Waals surface area contributed by atoms with Crippen LogP contribution in [0, 0.1) is 13.8 Å². The molecule has 0 bridgehead atoms. The maximum absolute atomic E-state index is 11.9. The van der Waals surface area contributed by atoms with E-state index < -0.39 is 0 Å². The molecule has 0 saturated carbocycles. The molecular weight excluding hydrogens is 308 g/mol. The van der Waals surface area contributed by atoms with Crippen LogP contribution in [0.25, 0.3) is 10.9 Å². The van der Waals surface area contributed by atoms with Gasteiger partial charge in [-0.05, 0) is 61.7 Å². The molecule has 1 heterocycles. The SMILES string of the molecule is Cc1ccc(SNC(=O)COc2ccc3[nH]ccc3c2)c(C)c1. The number of amides is 1. The number of hydrogen-bond donors (Lipinski definition) is 2. The second-order valence-electron chi connectivity index (χ2n) is 5.41. The van der Waals surface area contributed by atoms with E-state index in [2.05, 4.69) is 22.7 Å². The normalized spacial score (nSPS) is 10.7. The molecule has 0 aliphatic carbocycles. The highest BCUT2D eigenvalue weighted by molar-refractivity contribution is 7.98. The number of aromatic nitrogens is 1. The van der Waals surface area contributed by atoms with Crippen LogP contribution >= 0.6 is 11.9 Å². The van der Waals surface area contributed by atoms with Crippen LogP contribution in [0.3, 0.4) is 0 Å². The Bertz CT molecular complexity index is 842. The van der Waals surface area contributed by atoms with Crippen LogP contribution in [0.15, 0.2) is 53.6 Å². The highest BCUT2D eigenvalue weighted by Gasteiger charge is 2.06. The van der Waals surface area contributed by atoms with E-state index in [0.717, 1.165) is 21.4 Å². The summed E-state index contributed by atoms with van der Waals surface area (Å²) in [5.74, 6) is 0.521. The lowest BCUT2D eigenvalue weighted by Gasteiger charge is -2.09. The van der Waals surface area contributed by atoms with Gasteiger partial charge in [-0.15, -0.1) is 0 Å². The summed E-state index contributed by atoms with van der Waals surface area (Å²) in [5, 5.41) is 1.06. The number of rotatable bonds is 5. The predicted molar refractivity (Wildman–Crippen MR) is 93.7 cm³/mol. The molecule has 0 fully saturated rings. The fourth-order valence-electron chi connectivity index (χ4n) is 2.33. The quantitative estimate of drug-likeness (QED) is 0.697. The smallest absolute Gasteiger partial charge is 0.267 e. The first-order valence-electron chi connectivity index (χ1n) is 7.35. The van der Waals surface area contributed by atoms with Gasteiger partial charge in [0.05, 0.1) is 0 Å². The van der Waals surface area contributed by atoms with Gasteiger partial charge in [0.25, 0.3) is 5.91 Å². The molecule has 5 heteroatoms. The summed E-state index contributed by atoms with van der Waals surface area (Å²) < 4.78 is 8.35. The van der Waals surface area contributed by atoms with Gasteiger partial charge in [0.2, 0.25) is 0 Å². The molecule has 0 unspecified atom stereocenters. The molecule has 3 rings (SSSR count). The van der Waals surface area contributed by atoms with E-state index >= 15 is 0 Å². The van der Waals surface area contributed by atoms with E-state index in [-0.39, 0.29) is 12.5 Å². The zero-order valence-electron chi connectivity index (χ0n) is 13.1. The van der Waals surface area contributed by atoms with Crippen molar-refractivity contribution < 1.29 is 9.53 Å². The zero-order valence-corrected chi connectivity index (χ0v) is 13.9. The van der Waals surface area contributed by atoms with Crippen LogP contribution in [-0.4, -0.2) is 17.5 Å². The summed E-state index contributed by atoms with van der Waals surface area (Å²) in [4.78, 5) is 16.1. The fraction of sp³-hybridized carbons (Fsp3) is 0.167. The Morgan fingerprint density at radius 2 is 2.04 bits per heavy atom. The minimum absolute atomic E-state index is 0.00611. The number of nitrogens with one attached hydrogen (secondary N) is 2. The van der Waals surface area contributed by atoms with Crippen molar-refractivity contribution in [3.05, 3.63) is 59.8 Å². The Labute approximate surface area is 139 Å². The van der Waals surface area contributed by atoms with Gasteiger partial charge < -0.3 is 9.72 Å². The molecule has 0 saturated heterocycles. The van der Waals surface area contributed by atoms with Crippen molar-refractivity contribution in [1.82, 2.24) is 9.71 Å². The maximum atomic E-state index is 11.9. The van der Waals surface area contributed by atoms with Crippen molar-refractivity contribution in [2.24, 2.45) is 0 Å². The van der Waals surface area contributed by atoms with E-state index in [4.69, 9.17) is 4.74 Å². The van der Waals surface area contributed by atoms with Crippen molar-refractivity contribution in [3.63, 3.8) is 0 Å². The van der Waals surface area contributed by atoms with E-state index in [1.165, 1.54) is 17.5 Å². The van der Waals surface area contributed by atoms with Crippen LogP contribution < -0.4 is 9.46 Å². The second kappa shape index (κ2) is 6.79. The monoisotopic (exact) mass is 326 g/mol. The molecule has 0 atom stereocenters. The van der Waals surface area contributed by atoms with Crippen molar-refractivity contribution in [2.45, 2.75) is 18.7 Å². The lowest BCUT2D eigenvalue weighted by Crippen LogP contribution is -2.23. The van der Waals surface area contributed by atoms with Crippen LogP contribution in [0.2, 0.25) is 0 Å². The number of hydrogen-bond acceptors (Lipinski definition) is 3. The Hall–Kier alpha value is -2.40. The third-order valence-electron chi connectivity index (χ3n) is 3.50. The number of aromatic amines is 1. The van der Waals surface area contributed by atoms with Crippen LogP contribution in [-0.2, 0) is 4.79 Å². The summed E-state index contributed by atoms with van der Waals surface area (Å²) in [5.41, 5.74) is 3.41. The molecule has 1 aromatic heterocycles. The number of fused-ring (bicyclic) bond motifs is 1. The largest absolute Gasteiger partial charge is 0.484 e. The molecule has 0 aliphatic heterocycles. The number of ether oxygens (including phenoxy) is 1. The maximum Gasteiger partial charge on any atom is 0.267 e. The summed E-state index contributed by atoms with van der Waals surface area (Å²) in [6.45, 7) is 4.08. The van der Waals surface area contributed by atoms with Gasteiger partial charge in [-0.1, -0.05) is 17.7 Å². The topological polar surface area (TPSA) is 54.1 Å². The summed E-state index contributed by atoms with van der Waals surface area (Å²) >= 11 is 1.32. The van der Waals surface area contributed by atoms with Gasteiger partial charge in [0.1, 0.15) is 5.75 Å². The number of benzene rings is 2. The second-order valence-corrected chi connectivity index (χ2v) is 6.26. The first kappa shape index (κ1) is 15.5. The van der Waals surface area contributed by atoms with Crippen molar-refractivity contribution in [1.29, 1.82) is 0 Å². The van der Waals surface area contributed by atoms with Crippen molar-refractivity contribution in [2.75, 3.05) is 6.61 Å². The van der Waals surface area contributed by atoms with Gasteiger partial charge in [-0.3, -0.25) is 9.52 Å². The molecule has 0 aliphatic rings. The Balaban J connectivity index is 1.53. The minimum atomic E-state index is -0.163. The van der Waals surface area contributed by atoms with Gasteiger partial charge in [-0.25, -0.2) is 0 Å². The highest BCUT2D eigenvalue weighted by atomic mass is 32.2. The molecule has 2 aromatic carbocycles. The average Bonchev–Trinajstić information content (AvgIpc) is 2.99. The molecule has 1 amide bonds. The fourth-order valence-corrected chi connectivity index (χ4v) is 2.96. The zero-order chi connectivity index (χ0) is 16.2. The predicted octanol–water partition coefficient (Wildman–Crippen LogP) is 3.99. The lowest BCUT2D eigenvalue weighted by atomic mass is 10.2. The Morgan fingerprint density at radius 3 is 2.87 bits per heavy atom. The molecule has 23 heavy (non-hydrogen) atoms. The van der Waals surface area contributed by atoms with Gasteiger partial charge >= 0.3 is 0 Å². The highest BCUT2D eigenvalue weighted by Crippen LogP contribution is 2.21. The molecule has 3 aromatic rings. The van der Waals surface area contributed by atoms with Crippen molar-refractivity contribution >= 4 is 28.8 Å². The number of carbonyl (C=O) groups excluding carboxylic acids is 1. The standard InChI is InChI=1S/C18H18N2O2S/c1-12-3-6-17(13(2)9-12)23-20-18(21)11-22-15-4-5-16-14(10-15)7-8-19-16/h3-10,19H,11H2,1-2H3,(H,20,21). The molecule has 0 spiro atoms. The number of carbonyl (C=O) groups is 1. The van der Waals surface area contributed by atoms with E-state index in [0.29, 0.717) is 5.75 Å². The summed E-state index contributed by atoms with van der Waals surface area (Å²) in [6.07, 6.45) is 1.88.